The van der Waals surface area contributed by atoms with Crippen LogP contribution in [0.5, 0.6) is 0 Å². The highest BCUT2D eigenvalue weighted by atomic mass is 16.2. The van der Waals surface area contributed by atoms with Crippen molar-refractivity contribution < 1.29 is 4.79 Å². The first-order valence-corrected chi connectivity index (χ1v) is 8.05. The van der Waals surface area contributed by atoms with Crippen LogP contribution in [0.4, 0.5) is 10.5 Å². The zero-order chi connectivity index (χ0) is 15.1. The molecule has 0 aliphatic heterocycles. The van der Waals surface area contributed by atoms with Gasteiger partial charge in [0.05, 0.1) is 0 Å². The molecule has 0 saturated heterocycles. The van der Waals surface area contributed by atoms with E-state index in [1.54, 1.807) is 0 Å². The Balaban J connectivity index is 1.67. The minimum Gasteiger partial charge on any atom is -0.338 e. The molecular weight excluding hydrogens is 262 g/mol. The van der Waals surface area contributed by atoms with Crippen LogP contribution in [0.2, 0.25) is 0 Å². The van der Waals surface area contributed by atoms with Crippen molar-refractivity contribution in [3.8, 4) is 0 Å². The molecule has 0 aromatic heterocycles. The molecule has 4 N–H and O–H groups in total. The third kappa shape index (κ3) is 5.38. The molecule has 1 atom stereocenters. The number of anilines is 1. The second kappa shape index (κ2) is 8.03. The number of nitrogens with two attached hydrogens (primary N) is 1. The SMILES string of the molecule is CC(N)c1cccc(NC(=O)NCCCC2CCCC2)c1. The maximum absolute atomic E-state index is 11.8. The van der Waals surface area contributed by atoms with Crippen LogP contribution in [0, 0.1) is 5.92 Å². The van der Waals surface area contributed by atoms with Gasteiger partial charge in [0.25, 0.3) is 0 Å². The second-order valence-corrected chi connectivity index (χ2v) is 6.09. The van der Waals surface area contributed by atoms with Gasteiger partial charge < -0.3 is 16.4 Å². The summed E-state index contributed by atoms with van der Waals surface area (Å²) in [5.74, 6) is 0.887. The molecule has 4 nitrogen and oxygen atoms in total. The van der Waals surface area contributed by atoms with Gasteiger partial charge in [0.2, 0.25) is 0 Å². The van der Waals surface area contributed by atoms with E-state index in [0.717, 1.165) is 30.1 Å². The van der Waals surface area contributed by atoms with Crippen molar-refractivity contribution in [2.24, 2.45) is 11.7 Å². The van der Waals surface area contributed by atoms with E-state index in [9.17, 15) is 4.79 Å². The van der Waals surface area contributed by atoms with Gasteiger partial charge in [-0.3, -0.25) is 0 Å². The molecule has 1 saturated carbocycles. The third-order valence-electron chi connectivity index (χ3n) is 4.22. The lowest BCUT2D eigenvalue weighted by Crippen LogP contribution is -2.29. The molecule has 0 radical (unpaired) electrons. The first-order chi connectivity index (χ1) is 10.1. The summed E-state index contributed by atoms with van der Waals surface area (Å²) in [5.41, 5.74) is 7.66. The van der Waals surface area contributed by atoms with Crippen molar-refractivity contribution >= 4 is 11.7 Å². The molecule has 2 rings (SSSR count). The molecule has 4 heteroatoms. The number of benzene rings is 1. The number of hydrogen-bond donors (Lipinski definition) is 3. The van der Waals surface area contributed by atoms with Crippen LogP contribution in [0.3, 0.4) is 0 Å². The van der Waals surface area contributed by atoms with E-state index < -0.39 is 0 Å². The second-order valence-electron chi connectivity index (χ2n) is 6.09. The Morgan fingerprint density at radius 2 is 2.14 bits per heavy atom. The molecule has 1 aromatic carbocycles. The van der Waals surface area contributed by atoms with E-state index >= 15 is 0 Å². The molecule has 1 aliphatic rings. The zero-order valence-electron chi connectivity index (χ0n) is 12.9. The van der Waals surface area contributed by atoms with Crippen LogP contribution in [-0.2, 0) is 0 Å². The highest BCUT2D eigenvalue weighted by Crippen LogP contribution is 2.28. The minimum absolute atomic E-state index is 0.0266. The molecule has 116 valence electrons. The van der Waals surface area contributed by atoms with Gasteiger partial charge in [-0.2, -0.15) is 0 Å². The molecule has 0 heterocycles. The fourth-order valence-corrected chi connectivity index (χ4v) is 2.97. The smallest absolute Gasteiger partial charge is 0.319 e. The number of carbonyl (C=O) groups excluding carboxylic acids is 1. The van der Waals surface area contributed by atoms with Crippen LogP contribution in [-0.4, -0.2) is 12.6 Å². The highest BCUT2D eigenvalue weighted by Gasteiger charge is 2.14. The van der Waals surface area contributed by atoms with Crippen LogP contribution < -0.4 is 16.4 Å². The maximum Gasteiger partial charge on any atom is 0.319 e. The standard InChI is InChI=1S/C17H27N3O/c1-13(18)15-9-4-10-16(12-15)20-17(21)19-11-5-8-14-6-2-3-7-14/h4,9-10,12-14H,2-3,5-8,11,18H2,1H3,(H2,19,20,21). The van der Waals surface area contributed by atoms with E-state index in [1.807, 2.05) is 31.2 Å². The van der Waals surface area contributed by atoms with Gasteiger partial charge >= 0.3 is 6.03 Å². The van der Waals surface area contributed by atoms with E-state index in [-0.39, 0.29) is 12.1 Å². The lowest BCUT2D eigenvalue weighted by Gasteiger charge is -2.11. The number of amides is 2. The predicted octanol–water partition coefficient (Wildman–Crippen LogP) is 3.80. The molecular formula is C17H27N3O. The topological polar surface area (TPSA) is 67.1 Å². The average Bonchev–Trinajstić information content (AvgIpc) is 2.97. The molecule has 1 aliphatic carbocycles. The molecule has 21 heavy (non-hydrogen) atoms. The molecule has 0 spiro atoms. The first kappa shape index (κ1) is 15.8. The normalized spacial score (nSPS) is 16.7. The summed E-state index contributed by atoms with van der Waals surface area (Å²) in [6.45, 7) is 2.68. The van der Waals surface area contributed by atoms with Gasteiger partial charge in [0, 0.05) is 18.3 Å². The van der Waals surface area contributed by atoms with Gasteiger partial charge in [-0.1, -0.05) is 37.8 Å². The summed E-state index contributed by atoms with van der Waals surface area (Å²) >= 11 is 0. The summed E-state index contributed by atoms with van der Waals surface area (Å²) in [7, 11) is 0. The van der Waals surface area contributed by atoms with E-state index in [0.29, 0.717) is 0 Å². The largest absolute Gasteiger partial charge is 0.338 e. The van der Waals surface area contributed by atoms with Crippen molar-refractivity contribution in [3.05, 3.63) is 29.8 Å². The lowest BCUT2D eigenvalue weighted by atomic mass is 10.0. The maximum atomic E-state index is 11.8. The fraction of sp³-hybridized carbons (Fsp3) is 0.588. The Bertz CT molecular complexity index is 453. The fourth-order valence-electron chi connectivity index (χ4n) is 2.97. The first-order valence-electron chi connectivity index (χ1n) is 8.05. The van der Waals surface area contributed by atoms with Gasteiger partial charge in [-0.25, -0.2) is 4.79 Å². The Labute approximate surface area is 127 Å². The minimum atomic E-state index is -0.136. The van der Waals surface area contributed by atoms with Crippen molar-refractivity contribution in [1.82, 2.24) is 5.32 Å². The van der Waals surface area contributed by atoms with E-state index in [4.69, 9.17) is 5.73 Å². The van der Waals surface area contributed by atoms with Crippen molar-refractivity contribution in [2.45, 2.75) is 51.5 Å². The van der Waals surface area contributed by atoms with Gasteiger partial charge in [0.1, 0.15) is 0 Å². The number of carbonyl (C=O) groups is 1. The number of rotatable bonds is 6. The van der Waals surface area contributed by atoms with Gasteiger partial charge in [-0.15, -0.1) is 0 Å². The zero-order valence-corrected chi connectivity index (χ0v) is 12.9. The summed E-state index contributed by atoms with van der Waals surface area (Å²) in [5, 5.41) is 5.78. The highest BCUT2D eigenvalue weighted by molar-refractivity contribution is 5.89. The number of hydrogen-bond acceptors (Lipinski definition) is 2. The Morgan fingerprint density at radius 3 is 2.86 bits per heavy atom. The Morgan fingerprint density at radius 1 is 1.38 bits per heavy atom. The molecule has 1 aromatic rings. The summed E-state index contributed by atoms with van der Waals surface area (Å²) in [6, 6.07) is 7.51. The summed E-state index contributed by atoms with van der Waals surface area (Å²) in [4.78, 5) is 11.8. The van der Waals surface area contributed by atoms with E-state index in [2.05, 4.69) is 10.6 Å². The summed E-state index contributed by atoms with van der Waals surface area (Å²) < 4.78 is 0. The quantitative estimate of drug-likeness (QED) is 0.697. The Kier molecular flexibility index (Phi) is 6.05. The Hall–Kier alpha value is -1.55. The van der Waals surface area contributed by atoms with Crippen LogP contribution in [0.25, 0.3) is 0 Å². The molecule has 2 amide bonds. The van der Waals surface area contributed by atoms with Crippen molar-refractivity contribution in [2.75, 3.05) is 11.9 Å². The predicted molar refractivity (Wildman–Crippen MR) is 87.3 cm³/mol. The van der Waals surface area contributed by atoms with E-state index in [1.165, 1.54) is 32.1 Å². The molecule has 1 fully saturated rings. The van der Waals surface area contributed by atoms with Gasteiger partial charge in [0.15, 0.2) is 0 Å². The van der Waals surface area contributed by atoms with Crippen molar-refractivity contribution in [1.29, 1.82) is 0 Å². The van der Waals surface area contributed by atoms with Crippen LogP contribution in [0.1, 0.15) is 57.1 Å². The van der Waals surface area contributed by atoms with Crippen LogP contribution in [0.15, 0.2) is 24.3 Å². The third-order valence-corrected chi connectivity index (χ3v) is 4.22. The number of urea groups is 1. The molecule has 0 bridgehead atoms. The molecule has 1 unspecified atom stereocenters. The average molecular weight is 289 g/mol. The van der Waals surface area contributed by atoms with Gasteiger partial charge in [-0.05, 0) is 43.4 Å². The monoisotopic (exact) mass is 289 g/mol. The van der Waals surface area contributed by atoms with Crippen LogP contribution >= 0.6 is 0 Å². The number of nitrogens with one attached hydrogen (secondary N) is 2. The lowest BCUT2D eigenvalue weighted by molar-refractivity contribution is 0.251. The van der Waals surface area contributed by atoms with Crippen molar-refractivity contribution in [3.63, 3.8) is 0 Å². The summed E-state index contributed by atoms with van der Waals surface area (Å²) in [6.07, 6.45) is 7.81.